The summed E-state index contributed by atoms with van der Waals surface area (Å²) in [7, 11) is 1.31. The molecule has 3 aromatic carbocycles. The number of esters is 2. The van der Waals surface area contributed by atoms with Crippen molar-refractivity contribution in [3.63, 3.8) is 0 Å². The van der Waals surface area contributed by atoms with Crippen LogP contribution in [0.1, 0.15) is 22.8 Å². The summed E-state index contributed by atoms with van der Waals surface area (Å²) in [4.78, 5) is 41.8. The second-order valence-electron chi connectivity index (χ2n) is 7.27. The summed E-state index contributed by atoms with van der Waals surface area (Å²) in [5.74, 6) is -1.23. The summed E-state index contributed by atoms with van der Waals surface area (Å²) in [5, 5.41) is 2.05. The van der Waals surface area contributed by atoms with Crippen molar-refractivity contribution in [2.75, 3.05) is 13.7 Å². The summed E-state index contributed by atoms with van der Waals surface area (Å²) in [6.45, 7) is 1.89. The molecule has 168 valence electrons. The molecular weight excluding hydrogens is 440 g/mol. The number of carbonyl (C=O) groups excluding carboxylic acids is 3. The van der Waals surface area contributed by atoms with Crippen molar-refractivity contribution >= 4 is 50.2 Å². The van der Waals surface area contributed by atoms with Crippen LogP contribution in [0.2, 0.25) is 0 Å². The molecule has 0 atom stereocenters. The molecular formula is C25H22N2O5S. The average Bonchev–Trinajstić information content (AvgIpc) is 3.14. The normalized spacial score (nSPS) is 11.6. The highest BCUT2D eigenvalue weighted by molar-refractivity contribution is 7.16. The second-order valence-corrected chi connectivity index (χ2v) is 8.28. The molecule has 4 rings (SSSR count). The molecule has 1 heterocycles. The second kappa shape index (κ2) is 9.79. The minimum absolute atomic E-state index is 0.0915. The first-order valence-electron chi connectivity index (χ1n) is 10.4. The van der Waals surface area contributed by atoms with Crippen LogP contribution < -0.4 is 4.80 Å². The molecule has 0 saturated carbocycles. The van der Waals surface area contributed by atoms with Crippen molar-refractivity contribution < 1.29 is 23.9 Å². The van der Waals surface area contributed by atoms with Crippen molar-refractivity contribution in [3.05, 3.63) is 76.6 Å². The van der Waals surface area contributed by atoms with Gasteiger partial charge in [-0.3, -0.25) is 9.59 Å². The maximum Gasteiger partial charge on any atom is 0.337 e. The van der Waals surface area contributed by atoms with E-state index in [1.807, 2.05) is 42.5 Å². The lowest BCUT2D eigenvalue weighted by Crippen LogP contribution is -2.23. The van der Waals surface area contributed by atoms with Crippen LogP contribution in [0.5, 0.6) is 0 Å². The molecule has 0 saturated heterocycles. The molecule has 0 spiro atoms. The first-order chi connectivity index (χ1) is 16.0. The number of amides is 1. The summed E-state index contributed by atoms with van der Waals surface area (Å²) < 4.78 is 12.2. The lowest BCUT2D eigenvalue weighted by atomic mass is 10.0. The van der Waals surface area contributed by atoms with E-state index in [0.29, 0.717) is 20.6 Å². The van der Waals surface area contributed by atoms with Crippen LogP contribution in [-0.4, -0.2) is 36.1 Å². The van der Waals surface area contributed by atoms with Crippen LogP contribution in [-0.2, 0) is 32.0 Å². The minimum atomic E-state index is -0.465. The van der Waals surface area contributed by atoms with E-state index in [2.05, 4.69) is 4.99 Å². The van der Waals surface area contributed by atoms with E-state index >= 15 is 0 Å². The summed E-state index contributed by atoms with van der Waals surface area (Å²) in [6.07, 6.45) is 0.127. The number of ether oxygens (including phenoxy) is 2. The van der Waals surface area contributed by atoms with Gasteiger partial charge in [0.2, 0.25) is 0 Å². The SMILES string of the molecule is CCOC(=O)Cn1c(=NC(=O)Cc2cccc3ccccc23)sc2cc(C(=O)OC)ccc21. The van der Waals surface area contributed by atoms with Crippen molar-refractivity contribution in [1.82, 2.24) is 4.57 Å². The first kappa shape index (κ1) is 22.4. The highest BCUT2D eigenvalue weighted by Crippen LogP contribution is 2.21. The van der Waals surface area contributed by atoms with Gasteiger partial charge in [0.15, 0.2) is 4.80 Å². The third-order valence-corrected chi connectivity index (χ3v) is 6.18. The molecule has 0 radical (unpaired) electrons. The largest absolute Gasteiger partial charge is 0.465 e. The van der Waals surface area contributed by atoms with Crippen LogP contribution in [0.3, 0.4) is 0 Å². The van der Waals surface area contributed by atoms with Gasteiger partial charge in [0.25, 0.3) is 5.91 Å². The Morgan fingerprint density at radius 2 is 1.82 bits per heavy atom. The van der Waals surface area contributed by atoms with Gasteiger partial charge in [-0.1, -0.05) is 53.8 Å². The average molecular weight is 463 g/mol. The number of fused-ring (bicyclic) bond motifs is 2. The molecule has 0 unspecified atom stereocenters. The summed E-state index contributed by atoms with van der Waals surface area (Å²) in [5.41, 5.74) is 1.94. The minimum Gasteiger partial charge on any atom is -0.465 e. The lowest BCUT2D eigenvalue weighted by molar-refractivity contribution is -0.143. The van der Waals surface area contributed by atoms with Crippen molar-refractivity contribution in [2.24, 2.45) is 4.99 Å². The topological polar surface area (TPSA) is 87.0 Å². The molecule has 0 N–H and O–H groups in total. The molecule has 0 aliphatic carbocycles. The summed E-state index contributed by atoms with van der Waals surface area (Å²) >= 11 is 1.23. The van der Waals surface area contributed by atoms with E-state index < -0.39 is 11.9 Å². The third-order valence-electron chi connectivity index (χ3n) is 5.14. The summed E-state index contributed by atoms with van der Waals surface area (Å²) in [6, 6.07) is 18.7. The Morgan fingerprint density at radius 1 is 1.03 bits per heavy atom. The zero-order chi connectivity index (χ0) is 23.4. The van der Waals surface area contributed by atoms with Gasteiger partial charge in [0.1, 0.15) is 6.54 Å². The third kappa shape index (κ3) is 4.85. The van der Waals surface area contributed by atoms with Gasteiger partial charge in [0, 0.05) is 0 Å². The van der Waals surface area contributed by atoms with Gasteiger partial charge in [-0.05, 0) is 41.5 Å². The predicted octanol–water partition coefficient (Wildman–Crippen LogP) is 3.88. The molecule has 33 heavy (non-hydrogen) atoms. The predicted molar refractivity (Wildman–Crippen MR) is 126 cm³/mol. The Kier molecular flexibility index (Phi) is 6.65. The Balaban J connectivity index is 1.75. The number of thiazole rings is 1. The number of rotatable bonds is 6. The molecule has 8 heteroatoms. The quantitative estimate of drug-likeness (QED) is 0.406. The lowest BCUT2D eigenvalue weighted by Gasteiger charge is -2.06. The maximum absolute atomic E-state index is 12.9. The van der Waals surface area contributed by atoms with E-state index in [-0.39, 0.29) is 25.5 Å². The number of hydrogen-bond donors (Lipinski definition) is 0. The van der Waals surface area contributed by atoms with E-state index in [4.69, 9.17) is 9.47 Å². The Morgan fingerprint density at radius 3 is 2.61 bits per heavy atom. The number of aromatic nitrogens is 1. The van der Waals surface area contributed by atoms with Gasteiger partial charge in [0.05, 0.1) is 35.9 Å². The molecule has 4 aromatic rings. The fraction of sp³-hybridized carbons (Fsp3) is 0.200. The van der Waals surface area contributed by atoms with Gasteiger partial charge in [-0.15, -0.1) is 0 Å². The van der Waals surface area contributed by atoms with Crippen LogP contribution in [0, 0.1) is 0 Å². The number of nitrogens with zero attached hydrogens (tertiary/aromatic N) is 2. The standard InChI is InChI=1S/C25H22N2O5S/c1-3-32-23(29)15-27-20-12-11-18(24(30)31-2)13-21(20)33-25(27)26-22(28)14-17-9-6-8-16-7-4-5-10-19(16)17/h4-13H,3,14-15H2,1-2H3. The number of carbonyl (C=O) groups is 3. The van der Waals surface area contributed by atoms with Crippen LogP contribution in [0.15, 0.2) is 65.7 Å². The van der Waals surface area contributed by atoms with Crippen molar-refractivity contribution in [1.29, 1.82) is 0 Å². The van der Waals surface area contributed by atoms with E-state index in [0.717, 1.165) is 16.3 Å². The van der Waals surface area contributed by atoms with Gasteiger partial charge in [-0.25, -0.2) is 4.79 Å². The molecule has 7 nitrogen and oxygen atoms in total. The highest BCUT2D eigenvalue weighted by Gasteiger charge is 2.15. The monoisotopic (exact) mass is 462 g/mol. The smallest absolute Gasteiger partial charge is 0.337 e. The molecule has 0 fully saturated rings. The Labute approximate surface area is 193 Å². The van der Waals surface area contributed by atoms with Gasteiger partial charge >= 0.3 is 11.9 Å². The fourth-order valence-electron chi connectivity index (χ4n) is 3.65. The van der Waals surface area contributed by atoms with Crippen molar-refractivity contribution in [3.8, 4) is 0 Å². The highest BCUT2D eigenvalue weighted by atomic mass is 32.1. The number of hydrogen-bond acceptors (Lipinski definition) is 6. The van der Waals surface area contributed by atoms with Gasteiger partial charge < -0.3 is 14.0 Å². The van der Waals surface area contributed by atoms with Gasteiger partial charge in [-0.2, -0.15) is 4.99 Å². The van der Waals surface area contributed by atoms with Crippen LogP contribution >= 0.6 is 11.3 Å². The first-order valence-corrected chi connectivity index (χ1v) is 11.2. The fourth-order valence-corrected chi connectivity index (χ4v) is 4.73. The molecule has 0 aliphatic rings. The molecule has 0 aliphatic heterocycles. The Bertz CT molecular complexity index is 1430. The van der Waals surface area contributed by atoms with E-state index in [9.17, 15) is 14.4 Å². The Hall–Kier alpha value is -3.78. The van der Waals surface area contributed by atoms with Crippen molar-refractivity contribution in [2.45, 2.75) is 19.9 Å². The van der Waals surface area contributed by atoms with E-state index in [1.165, 1.54) is 18.4 Å². The maximum atomic E-state index is 12.9. The molecule has 0 bridgehead atoms. The zero-order valence-corrected chi connectivity index (χ0v) is 19.1. The number of methoxy groups -OCH3 is 1. The molecule has 1 aromatic heterocycles. The van der Waals surface area contributed by atoms with E-state index in [1.54, 1.807) is 29.7 Å². The number of benzene rings is 3. The zero-order valence-electron chi connectivity index (χ0n) is 18.2. The molecule has 1 amide bonds. The van der Waals surface area contributed by atoms with Crippen LogP contribution in [0.4, 0.5) is 0 Å². The van der Waals surface area contributed by atoms with Crippen LogP contribution in [0.25, 0.3) is 21.0 Å².